The number of hydrogen-bond donors (Lipinski definition) is 2. The van der Waals surface area contributed by atoms with Crippen LogP contribution in [0.3, 0.4) is 0 Å². The molecule has 0 aliphatic heterocycles. The third-order valence-corrected chi connectivity index (χ3v) is 11.7. The molecule has 0 atom stereocenters. The largest absolute Gasteiger partial charge is 0.507 e. The highest BCUT2D eigenvalue weighted by atomic mass is 16.5. The fourth-order valence-electron chi connectivity index (χ4n) is 8.02. The maximum absolute atomic E-state index is 12.5. The van der Waals surface area contributed by atoms with Crippen molar-refractivity contribution in [2.24, 2.45) is 0 Å². The number of benzene rings is 4. The molecule has 62 heavy (non-hydrogen) atoms. The van der Waals surface area contributed by atoms with Crippen molar-refractivity contribution in [1.82, 2.24) is 0 Å². The predicted molar refractivity (Wildman–Crippen MR) is 251 cm³/mol. The first-order chi connectivity index (χ1) is 28.9. The second kappa shape index (κ2) is 19.5. The number of phenolic OH excluding ortho intramolecular Hbond substituents is 1. The van der Waals surface area contributed by atoms with E-state index in [1.807, 2.05) is 13.8 Å². The zero-order chi connectivity index (χ0) is 45.8. The van der Waals surface area contributed by atoms with Gasteiger partial charge in [0.05, 0.1) is 13.2 Å². The molecular formula is C54H74O8. The van der Waals surface area contributed by atoms with Crippen LogP contribution in [0.25, 0.3) is 0 Å². The molecule has 8 nitrogen and oxygen atoms in total. The lowest BCUT2D eigenvalue weighted by atomic mass is 9.79. The van der Waals surface area contributed by atoms with Gasteiger partial charge in [0.1, 0.15) is 36.2 Å². The fourth-order valence-corrected chi connectivity index (χ4v) is 8.02. The minimum Gasteiger partial charge on any atom is -0.507 e. The van der Waals surface area contributed by atoms with Crippen LogP contribution in [0, 0.1) is 0 Å². The summed E-state index contributed by atoms with van der Waals surface area (Å²) in [7, 11) is 0. The van der Waals surface area contributed by atoms with Gasteiger partial charge in [-0.3, -0.25) is 0 Å². The molecule has 8 heteroatoms. The molecule has 0 saturated carbocycles. The number of aromatic hydroxyl groups is 1. The van der Waals surface area contributed by atoms with Crippen molar-refractivity contribution in [1.29, 1.82) is 0 Å². The lowest BCUT2D eigenvalue weighted by molar-refractivity contribution is -0.139. The second-order valence-electron chi connectivity index (χ2n) is 21.0. The van der Waals surface area contributed by atoms with E-state index in [1.54, 1.807) is 0 Å². The average Bonchev–Trinajstić information content (AvgIpc) is 3.15. The van der Waals surface area contributed by atoms with Gasteiger partial charge in [-0.25, -0.2) is 4.79 Å². The Balaban J connectivity index is 1.97. The first-order valence-electron chi connectivity index (χ1n) is 22.5. The Hall–Kier alpha value is -4.53. The Morgan fingerprint density at radius 1 is 0.452 bits per heavy atom. The van der Waals surface area contributed by atoms with Gasteiger partial charge in [-0.1, -0.05) is 132 Å². The number of phenols is 1. The summed E-state index contributed by atoms with van der Waals surface area (Å²) in [6.45, 7) is 32.7. The molecule has 0 amide bonds. The Bertz CT molecular complexity index is 2200. The first kappa shape index (κ1) is 48.5. The molecule has 0 unspecified atom stereocenters. The topological polar surface area (TPSA) is 104 Å². The van der Waals surface area contributed by atoms with Crippen LogP contribution in [0.5, 0.6) is 23.0 Å². The number of aliphatic carboxylic acids is 1. The molecule has 0 heterocycles. The molecule has 8 bridgehead atoms. The molecule has 0 aromatic heterocycles. The van der Waals surface area contributed by atoms with Crippen LogP contribution >= 0.6 is 0 Å². The van der Waals surface area contributed by atoms with Crippen molar-refractivity contribution in [3.63, 3.8) is 0 Å². The van der Waals surface area contributed by atoms with Gasteiger partial charge in [-0.2, -0.15) is 0 Å². The van der Waals surface area contributed by atoms with Crippen molar-refractivity contribution < 1.29 is 38.7 Å². The van der Waals surface area contributed by atoms with Crippen molar-refractivity contribution in [3.05, 3.63) is 115 Å². The third kappa shape index (κ3) is 12.1. The van der Waals surface area contributed by atoms with Crippen molar-refractivity contribution in [2.45, 2.75) is 144 Å². The highest BCUT2D eigenvalue weighted by molar-refractivity contribution is 5.69. The smallest absolute Gasteiger partial charge is 0.341 e. The number of hydrogen-bond acceptors (Lipinski definition) is 7. The first-order valence-corrected chi connectivity index (χ1v) is 22.5. The number of rotatable bonds is 13. The highest BCUT2D eigenvalue weighted by Gasteiger charge is 2.29. The van der Waals surface area contributed by atoms with E-state index in [0.717, 1.165) is 72.7 Å². The molecule has 0 spiro atoms. The zero-order valence-electron chi connectivity index (χ0n) is 40.2. The summed E-state index contributed by atoms with van der Waals surface area (Å²) in [6.07, 6.45) is 1.67. The number of carboxylic acids is 1. The maximum atomic E-state index is 12.5. The van der Waals surface area contributed by atoms with Crippen LogP contribution in [-0.2, 0) is 61.6 Å². The van der Waals surface area contributed by atoms with E-state index in [2.05, 4.69) is 132 Å². The van der Waals surface area contributed by atoms with E-state index in [-0.39, 0.29) is 27.4 Å². The van der Waals surface area contributed by atoms with Gasteiger partial charge in [0.25, 0.3) is 0 Å². The van der Waals surface area contributed by atoms with E-state index in [9.17, 15) is 15.0 Å². The van der Waals surface area contributed by atoms with Crippen LogP contribution in [-0.4, -0.2) is 62.4 Å². The molecule has 2 N–H and O–H groups in total. The van der Waals surface area contributed by atoms with Gasteiger partial charge in [0.15, 0.2) is 6.61 Å². The maximum Gasteiger partial charge on any atom is 0.341 e. The molecule has 1 aliphatic rings. The third-order valence-electron chi connectivity index (χ3n) is 11.7. The zero-order valence-corrected chi connectivity index (χ0v) is 40.2. The van der Waals surface area contributed by atoms with E-state index < -0.39 is 12.6 Å². The van der Waals surface area contributed by atoms with Gasteiger partial charge in [-0.05, 0) is 102 Å². The summed E-state index contributed by atoms with van der Waals surface area (Å²) in [4.78, 5) is 12.2. The minimum absolute atomic E-state index is 0.191. The monoisotopic (exact) mass is 851 g/mol. The van der Waals surface area contributed by atoms with Gasteiger partial charge in [0.2, 0.25) is 0 Å². The Kier molecular flexibility index (Phi) is 15.2. The number of fused-ring (bicyclic) bond motifs is 8. The summed E-state index contributed by atoms with van der Waals surface area (Å²) in [6, 6.07) is 17.6. The van der Waals surface area contributed by atoms with E-state index in [4.69, 9.17) is 23.7 Å². The Labute approximate surface area is 372 Å². The Morgan fingerprint density at radius 2 is 0.710 bits per heavy atom. The summed E-state index contributed by atoms with van der Waals surface area (Å²) in [5.74, 6) is 1.24. The fraction of sp³-hybridized carbons (Fsp3) is 0.537. The number of ether oxygens (including phenoxy) is 5. The molecule has 4 aromatic rings. The molecule has 0 radical (unpaired) electrons. The lowest BCUT2D eigenvalue weighted by Gasteiger charge is -2.29. The normalized spacial score (nSPS) is 13.5. The molecular weight excluding hydrogens is 777 g/mol. The van der Waals surface area contributed by atoms with E-state index >= 15 is 0 Å². The molecule has 0 fully saturated rings. The molecule has 4 aromatic carbocycles. The van der Waals surface area contributed by atoms with Crippen LogP contribution in [0.2, 0.25) is 0 Å². The quantitative estimate of drug-likeness (QED) is 0.113. The molecule has 1 aliphatic carbocycles. The molecule has 5 rings (SSSR count). The molecule has 0 saturated heterocycles. The summed E-state index contributed by atoms with van der Waals surface area (Å²) in [5, 5.41) is 22.5. The average molecular weight is 851 g/mol. The SMILES string of the molecule is CCOCCOc1c2cc(C(C)(C)C)cc1Cc1cc(C(C)(C)C)cc(c1OCCOCC)Cc1cc(C(C)(C)C)cc(c1OCC(=O)O)Cc1cc(C(C)(C)C)cc(c1O)C2. The van der Waals surface area contributed by atoms with Gasteiger partial charge in [-0.15, -0.1) is 0 Å². The van der Waals surface area contributed by atoms with E-state index in [0.29, 0.717) is 71.1 Å². The van der Waals surface area contributed by atoms with Crippen LogP contribution < -0.4 is 14.2 Å². The van der Waals surface area contributed by atoms with Crippen LogP contribution in [0.15, 0.2) is 48.5 Å². The van der Waals surface area contributed by atoms with Crippen molar-refractivity contribution >= 4 is 5.97 Å². The van der Waals surface area contributed by atoms with E-state index in [1.165, 1.54) is 5.56 Å². The number of carboxylic acid groups (broad SMARTS) is 1. The van der Waals surface area contributed by atoms with Crippen molar-refractivity contribution in [2.75, 3.05) is 46.2 Å². The Morgan fingerprint density at radius 3 is 0.968 bits per heavy atom. The second-order valence-corrected chi connectivity index (χ2v) is 21.0. The predicted octanol–water partition coefficient (Wildman–Crippen LogP) is 11.6. The van der Waals surface area contributed by atoms with Gasteiger partial charge in [0, 0.05) is 38.9 Å². The van der Waals surface area contributed by atoms with Crippen LogP contribution in [0.1, 0.15) is 164 Å². The van der Waals surface area contributed by atoms with Crippen molar-refractivity contribution in [3.8, 4) is 23.0 Å². The summed E-state index contributed by atoms with van der Waals surface area (Å²) in [5.41, 5.74) is 10.8. The summed E-state index contributed by atoms with van der Waals surface area (Å²) < 4.78 is 31.6. The van der Waals surface area contributed by atoms with Gasteiger partial charge >= 0.3 is 5.97 Å². The standard InChI is InChI=1S/C54H74O8/c1-15-58-17-19-60-48-36-21-34-25-42(51(3,4)5)26-35(47(34)57)22-37-28-44(53(9,10)11)32-41(50(37)62-33-46(55)56)24-40-31-45(54(12,13)14)30-39(49(40)61-20-18-59-16-2)23-38(48)29-43(27-36)52(6,7)8/h25-32,57H,15-24,33H2,1-14H3,(H,55,56). The summed E-state index contributed by atoms with van der Waals surface area (Å²) >= 11 is 0. The number of carbonyl (C=O) groups is 1. The minimum atomic E-state index is -1.06. The van der Waals surface area contributed by atoms with Gasteiger partial charge < -0.3 is 33.9 Å². The highest BCUT2D eigenvalue weighted by Crippen LogP contribution is 2.44. The molecule has 338 valence electrons. The lowest BCUT2D eigenvalue weighted by Crippen LogP contribution is -2.18. The van der Waals surface area contributed by atoms with Crippen LogP contribution in [0.4, 0.5) is 0 Å².